The van der Waals surface area contributed by atoms with Crippen LogP contribution in [0.4, 0.5) is 0 Å². The molecule has 22 heavy (non-hydrogen) atoms. The number of aromatic nitrogens is 1. The molecule has 3 aromatic rings. The van der Waals surface area contributed by atoms with Crippen molar-refractivity contribution in [2.75, 3.05) is 6.61 Å². The first kappa shape index (κ1) is 15.0. The van der Waals surface area contributed by atoms with E-state index in [4.69, 9.17) is 4.74 Å². The molecule has 2 aromatic carbocycles. The highest BCUT2D eigenvalue weighted by molar-refractivity contribution is 6.09. The minimum absolute atomic E-state index is 0.806. The van der Waals surface area contributed by atoms with Crippen molar-refractivity contribution in [3.8, 4) is 5.75 Å². The zero-order valence-electron chi connectivity index (χ0n) is 13.4. The molecule has 116 valence electrons. The maximum absolute atomic E-state index is 6.02. The molecular formula is C20H25NO. The summed E-state index contributed by atoms with van der Waals surface area (Å²) < 4.78 is 6.02. The molecule has 0 aliphatic heterocycles. The van der Waals surface area contributed by atoms with Gasteiger partial charge in [-0.3, -0.25) is 0 Å². The summed E-state index contributed by atoms with van der Waals surface area (Å²) in [6.45, 7) is 3.06. The van der Waals surface area contributed by atoms with Crippen molar-refractivity contribution in [1.29, 1.82) is 0 Å². The van der Waals surface area contributed by atoms with Crippen LogP contribution in [0.25, 0.3) is 21.8 Å². The van der Waals surface area contributed by atoms with E-state index in [0.717, 1.165) is 24.3 Å². The quantitative estimate of drug-likeness (QED) is 0.502. The summed E-state index contributed by atoms with van der Waals surface area (Å²) in [7, 11) is 0. The van der Waals surface area contributed by atoms with Gasteiger partial charge in [0, 0.05) is 16.3 Å². The topological polar surface area (TPSA) is 25.0 Å². The van der Waals surface area contributed by atoms with E-state index < -0.39 is 0 Å². The Morgan fingerprint density at radius 2 is 1.59 bits per heavy atom. The van der Waals surface area contributed by atoms with Crippen molar-refractivity contribution in [2.24, 2.45) is 0 Å². The molecule has 0 bridgehead atoms. The van der Waals surface area contributed by atoms with Crippen molar-refractivity contribution in [2.45, 2.75) is 45.4 Å². The SMILES string of the molecule is CCCCCCCCOc1cccc2c1[nH]c1ccccc12. The molecule has 0 unspecified atom stereocenters. The highest BCUT2D eigenvalue weighted by Gasteiger charge is 2.08. The smallest absolute Gasteiger partial charge is 0.143 e. The van der Waals surface area contributed by atoms with Crippen LogP contribution in [0, 0.1) is 0 Å². The fourth-order valence-electron chi connectivity index (χ4n) is 3.03. The van der Waals surface area contributed by atoms with Gasteiger partial charge < -0.3 is 9.72 Å². The van der Waals surface area contributed by atoms with Gasteiger partial charge in [-0.05, 0) is 18.6 Å². The Kier molecular flexibility index (Phi) is 4.99. The van der Waals surface area contributed by atoms with Gasteiger partial charge in [-0.2, -0.15) is 0 Å². The molecule has 0 spiro atoms. The lowest BCUT2D eigenvalue weighted by atomic mass is 10.1. The lowest BCUT2D eigenvalue weighted by molar-refractivity contribution is 0.307. The molecule has 0 aliphatic rings. The Labute approximate surface area is 132 Å². The predicted octanol–water partition coefficient (Wildman–Crippen LogP) is 6.06. The number of unbranched alkanes of at least 4 members (excludes halogenated alkanes) is 5. The van der Waals surface area contributed by atoms with E-state index in [1.807, 2.05) is 0 Å². The second-order valence-corrected chi connectivity index (χ2v) is 5.97. The van der Waals surface area contributed by atoms with E-state index in [2.05, 4.69) is 54.4 Å². The van der Waals surface area contributed by atoms with Gasteiger partial charge in [-0.25, -0.2) is 0 Å². The van der Waals surface area contributed by atoms with Crippen LogP contribution in [-0.4, -0.2) is 11.6 Å². The number of aromatic amines is 1. The molecule has 0 fully saturated rings. The van der Waals surface area contributed by atoms with Gasteiger partial charge in [0.05, 0.1) is 12.1 Å². The predicted molar refractivity (Wildman–Crippen MR) is 94.7 cm³/mol. The fourth-order valence-corrected chi connectivity index (χ4v) is 3.03. The number of fused-ring (bicyclic) bond motifs is 3. The first-order valence-electron chi connectivity index (χ1n) is 8.52. The first-order chi connectivity index (χ1) is 10.9. The van der Waals surface area contributed by atoms with Crippen LogP contribution in [0.15, 0.2) is 42.5 Å². The third kappa shape index (κ3) is 3.27. The molecule has 2 nitrogen and oxygen atoms in total. The number of para-hydroxylation sites is 2. The number of hydrogen-bond donors (Lipinski definition) is 1. The zero-order valence-corrected chi connectivity index (χ0v) is 13.4. The molecule has 1 heterocycles. The third-order valence-corrected chi connectivity index (χ3v) is 4.26. The van der Waals surface area contributed by atoms with Crippen LogP contribution in [-0.2, 0) is 0 Å². The van der Waals surface area contributed by atoms with E-state index in [0.29, 0.717) is 0 Å². The molecule has 0 atom stereocenters. The molecule has 0 radical (unpaired) electrons. The second-order valence-electron chi connectivity index (χ2n) is 5.97. The number of benzene rings is 2. The molecule has 0 saturated heterocycles. The van der Waals surface area contributed by atoms with Gasteiger partial charge in [0.25, 0.3) is 0 Å². The van der Waals surface area contributed by atoms with Crippen molar-refractivity contribution in [3.05, 3.63) is 42.5 Å². The van der Waals surface area contributed by atoms with Gasteiger partial charge in [-0.15, -0.1) is 0 Å². The lowest BCUT2D eigenvalue weighted by Gasteiger charge is -2.07. The minimum Gasteiger partial charge on any atom is -0.491 e. The van der Waals surface area contributed by atoms with Crippen LogP contribution in [0.1, 0.15) is 45.4 Å². The normalized spacial score (nSPS) is 11.3. The van der Waals surface area contributed by atoms with Gasteiger partial charge in [0.2, 0.25) is 0 Å². The molecular weight excluding hydrogens is 270 g/mol. The third-order valence-electron chi connectivity index (χ3n) is 4.26. The van der Waals surface area contributed by atoms with Crippen molar-refractivity contribution in [1.82, 2.24) is 4.98 Å². The monoisotopic (exact) mass is 295 g/mol. The maximum Gasteiger partial charge on any atom is 0.143 e. The van der Waals surface area contributed by atoms with Crippen molar-refractivity contribution < 1.29 is 4.74 Å². The van der Waals surface area contributed by atoms with E-state index in [-0.39, 0.29) is 0 Å². The summed E-state index contributed by atoms with van der Waals surface area (Å²) in [4.78, 5) is 3.49. The number of hydrogen-bond acceptors (Lipinski definition) is 1. The fraction of sp³-hybridized carbons (Fsp3) is 0.400. The number of H-pyrrole nitrogens is 1. The first-order valence-corrected chi connectivity index (χ1v) is 8.52. The second kappa shape index (κ2) is 7.35. The van der Waals surface area contributed by atoms with E-state index in [1.165, 1.54) is 48.4 Å². The summed E-state index contributed by atoms with van der Waals surface area (Å²) in [6, 6.07) is 14.7. The largest absolute Gasteiger partial charge is 0.491 e. The standard InChI is InChI=1S/C20H25NO/c1-2-3-4-5-6-9-15-22-19-14-10-12-17-16-11-7-8-13-18(16)21-20(17)19/h7-8,10-14,21H,2-6,9,15H2,1H3. The number of rotatable bonds is 8. The zero-order chi connectivity index (χ0) is 15.2. The Morgan fingerprint density at radius 3 is 2.50 bits per heavy atom. The highest BCUT2D eigenvalue weighted by Crippen LogP contribution is 2.31. The van der Waals surface area contributed by atoms with Crippen LogP contribution < -0.4 is 4.74 Å². The van der Waals surface area contributed by atoms with Crippen LogP contribution in [0.3, 0.4) is 0 Å². The summed E-state index contributed by atoms with van der Waals surface area (Å²) in [6.07, 6.45) is 7.75. The van der Waals surface area contributed by atoms with Crippen LogP contribution in [0.2, 0.25) is 0 Å². The van der Waals surface area contributed by atoms with E-state index >= 15 is 0 Å². The molecule has 1 aromatic heterocycles. The summed E-state index contributed by atoms with van der Waals surface area (Å²) in [5, 5.41) is 2.51. The van der Waals surface area contributed by atoms with Gasteiger partial charge in [-0.1, -0.05) is 69.4 Å². The van der Waals surface area contributed by atoms with Gasteiger partial charge in [0.1, 0.15) is 5.75 Å². The van der Waals surface area contributed by atoms with E-state index in [9.17, 15) is 0 Å². The Morgan fingerprint density at radius 1 is 0.818 bits per heavy atom. The van der Waals surface area contributed by atoms with Gasteiger partial charge in [0.15, 0.2) is 0 Å². The molecule has 3 rings (SSSR count). The maximum atomic E-state index is 6.02. The van der Waals surface area contributed by atoms with Gasteiger partial charge >= 0.3 is 0 Å². The number of nitrogens with one attached hydrogen (secondary N) is 1. The average molecular weight is 295 g/mol. The molecule has 0 amide bonds. The summed E-state index contributed by atoms with van der Waals surface area (Å²) in [5.74, 6) is 0.974. The van der Waals surface area contributed by atoms with Crippen molar-refractivity contribution >= 4 is 21.8 Å². The lowest BCUT2D eigenvalue weighted by Crippen LogP contribution is -1.97. The average Bonchev–Trinajstić information content (AvgIpc) is 2.93. The Balaban J connectivity index is 1.64. The molecule has 0 saturated carbocycles. The van der Waals surface area contributed by atoms with Crippen LogP contribution in [0.5, 0.6) is 5.75 Å². The van der Waals surface area contributed by atoms with Crippen molar-refractivity contribution in [3.63, 3.8) is 0 Å². The molecule has 2 heteroatoms. The van der Waals surface area contributed by atoms with Crippen LogP contribution >= 0.6 is 0 Å². The van der Waals surface area contributed by atoms with E-state index in [1.54, 1.807) is 0 Å². The molecule has 0 aliphatic carbocycles. The Bertz CT molecular complexity index is 729. The summed E-state index contributed by atoms with van der Waals surface area (Å²) >= 11 is 0. The minimum atomic E-state index is 0.806. The highest BCUT2D eigenvalue weighted by atomic mass is 16.5. The molecule has 1 N–H and O–H groups in total. The summed E-state index contributed by atoms with van der Waals surface area (Å²) in [5.41, 5.74) is 2.29. The Hall–Kier alpha value is -1.96. The number of ether oxygens (including phenoxy) is 1.